The summed E-state index contributed by atoms with van der Waals surface area (Å²) in [6.07, 6.45) is -1.68. The zero-order valence-corrected chi connectivity index (χ0v) is 12.8. The van der Waals surface area contributed by atoms with E-state index in [1.807, 2.05) is 11.4 Å². The largest absolute Gasteiger partial charge is 0.435 e. The van der Waals surface area contributed by atoms with E-state index in [0.717, 1.165) is 15.4 Å². The first-order valence-corrected chi connectivity index (χ1v) is 7.50. The molecule has 0 aliphatic heterocycles. The van der Waals surface area contributed by atoms with Crippen LogP contribution in [0.3, 0.4) is 0 Å². The number of halogens is 4. The molecule has 0 atom stereocenters. The lowest BCUT2D eigenvalue weighted by molar-refractivity contribution is -0.141. The van der Waals surface area contributed by atoms with Crippen molar-refractivity contribution in [2.75, 3.05) is 5.32 Å². The molecule has 0 bridgehead atoms. The summed E-state index contributed by atoms with van der Waals surface area (Å²) in [5, 5.41) is 8.48. The van der Waals surface area contributed by atoms with Crippen molar-refractivity contribution >= 4 is 38.6 Å². The van der Waals surface area contributed by atoms with Gasteiger partial charge in [0.05, 0.1) is 6.54 Å². The van der Waals surface area contributed by atoms with Crippen LogP contribution in [0.1, 0.15) is 10.6 Å². The van der Waals surface area contributed by atoms with Crippen LogP contribution in [-0.4, -0.2) is 14.6 Å². The molecule has 110 valence electrons. The van der Waals surface area contributed by atoms with Crippen molar-refractivity contribution in [1.82, 2.24) is 14.6 Å². The van der Waals surface area contributed by atoms with Gasteiger partial charge in [0.2, 0.25) is 0 Å². The number of aromatic nitrogens is 3. The molecule has 0 unspecified atom stereocenters. The Morgan fingerprint density at radius 3 is 2.86 bits per heavy atom. The van der Waals surface area contributed by atoms with E-state index in [-0.39, 0.29) is 5.52 Å². The second-order valence-electron chi connectivity index (χ2n) is 4.18. The molecule has 3 aromatic rings. The van der Waals surface area contributed by atoms with E-state index in [2.05, 4.69) is 31.3 Å². The normalized spacial score (nSPS) is 12.0. The molecule has 4 nitrogen and oxygen atoms in total. The molecule has 21 heavy (non-hydrogen) atoms. The molecule has 0 aliphatic rings. The number of nitrogens with zero attached hydrogens (tertiary/aromatic N) is 3. The topological polar surface area (TPSA) is 42.2 Å². The average molecular weight is 377 g/mol. The Labute approximate surface area is 129 Å². The van der Waals surface area contributed by atoms with Gasteiger partial charge in [-0.25, -0.2) is 9.50 Å². The highest BCUT2D eigenvalue weighted by Gasteiger charge is 2.34. The van der Waals surface area contributed by atoms with Crippen molar-refractivity contribution in [3.05, 3.63) is 45.0 Å². The summed E-state index contributed by atoms with van der Waals surface area (Å²) in [5.74, 6) is 0.362. The third-order valence-electron chi connectivity index (χ3n) is 2.79. The molecular formula is C12H8BrF3N4S. The number of alkyl halides is 3. The molecule has 0 saturated carbocycles. The second-order valence-corrected chi connectivity index (χ2v) is 6.03. The van der Waals surface area contributed by atoms with Crippen LogP contribution in [0.25, 0.3) is 5.52 Å². The minimum absolute atomic E-state index is 0.289. The molecule has 0 aromatic carbocycles. The lowest BCUT2D eigenvalue weighted by atomic mass is 10.3. The van der Waals surface area contributed by atoms with Crippen LogP contribution in [0.15, 0.2) is 34.4 Å². The number of fused-ring (bicyclic) bond motifs is 1. The number of anilines is 1. The van der Waals surface area contributed by atoms with Crippen LogP contribution in [0.5, 0.6) is 0 Å². The number of hydrogen-bond donors (Lipinski definition) is 1. The first-order chi connectivity index (χ1) is 9.95. The molecule has 1 N–H and O–H groups in total. The number of thiophene rings is 1. The monoisotopic (exact) mass is 376 g/mol. The molecule has 0 radical (unpaired) electrons. The lowest BCUT2D eigenvalue weighted by Crippen LogP contribution is -2.05. The van der Waals surface area contributed by atoms with Crippen molar-refractivity contribution in [1.29, 1.82) is 0 Å². The summed E-state index contributed by atoms with van der Waals surface area (Å²) < 4.78 is 40.2. The molecule has 9 heteroatoms. The van der Waals surface area contributed by atoms with E-state index >= 15 is 0 Å². The van der Waals surface area contributed by atoms with Gasteiger partial charge in [0, 0.05) is 27.8 Å². The summed E-state index contributed by atoms with van der Waals surface area (Å²) in [6, 6.07) is 2.90. The van der Waals surface area contributed by atoms with Crippen molar-refractivity contribution < 1.29 is 13.2 Å². The van der Waals surface area contributed by atoms with Gasteiger partial charge in [-0.3, -0.25) is 0 Å². The second kappa shape index (κ2) is 5.30. The molecule has 0 fully saturated rings. The predicted octanol–water partition coefficient (Wildman–Crippen LogP) is 4.18. The van der Waals surface area contributed by atoms with Crippen LogP contribution in [0, 0.1) is 0 Å². The summed E-state index contributed by atoms with van der Waals surface area (Å²) in [4.78, 5) is 5.12. The summed E-state index contributed by atoms with van der Waals surface area (Å²) >= 11 is 4.95. The van der Waals surface area contributed by atoms with Crippen LogP contribution in [0.2, 0.25) is 0 Å². The minimum atomic E-state index is -4.47. The Morgan fingerprint density at radius 2 is 2.19 bits per heavy atom. The van der Waals surface area contributed by atoms with Crippen molar-refractivity contribution in [2.45, 2.75) is 12.7 Å². The van der Waals surface area contributed by atoms with E-state index in [1.165, 1.54) is 16.9 Å². The highest BCUT2D eigenvalue weighted by atomic mass is 79.9. The molecule has 3 aromatic heterocycles. The van der Waals surface area contributed by atoms with Crippen LogP contribution in [-0.2, 0) is 12.7 Å². The highest BCUT2D eigenvalue weighted by Crippen LogP contribution is 2.30. The number of rotatable bonds is 3. The van der Waals surface area contributed by atoms with E-state index in [1.54, 1.807) is 11.3 Å². The van der Waals surface area contributed by atoms with E-state index < -0.39 is 11.9 Å². The maximum atomic E-state index is 12.7. The Bertz CT molecular complexity index is 780. The Hall–Kier alpha value is -1.61. The predicted molar refractivity (Wildman–Crippen MR) is 77.3 cm³/mol. The van der Waals surface area contributed by atoms with Gasteiger partial charge in [-0.05, 0) is 27.4 Å². The van der Waals surface area contributed by atoms with Crippen molar-refractivity contribution in [2.24, 2.45) is 0 Å². The fraction of sp³-hybridized carbons (Fsp3) is 0.167. The van der Waals surface area contributed by atoms with E-state index in [0.29, 0.717) is 12.4 Å². The third-order valence-corrected chi connectivity index (χ3v) is 4.71. The first-order valence-electron chi connectivity index (χ1n) is 5.82. The van der Waals surface area contributed by atoms with Gasteiger partial charge in [0.15, 0.2) is 11.5 Å². The van der Waals surface area contributed by atoms with Gasteiger partial charge in [-0.15, -0.1) is 11.3 Å². The van der Waals surface area contributed by atoms with Crippen LogP contribution in [0.4, 0.5) is 19.0 Å². The molecule has 0 spiro atoms. The van der Waals surface area contributed by atoms with Gasteiger partial charge in [-0.1, -0.05) is 0 Å². The third kappa shape index (κ3) is 2.88. The Balaban J connectivity index is 1.92. The van der Waals surface area contributed by atoms with Crippen LogP contribution < -0.4 is 5.32 Å². The van der Waals surface area contributed by atoms with Gasteiger partial charge >= 0.3 is 6.18 Å². The highest BCUT2D eigenvalue weighted by molar-refractivity contribution is 9.10. The first kappa shape index (κ1) is 14.3. The van der Waals surface area contributed by atoms with E-state index in [4.69, 9.17) is 0 Å². The molecular weight excluding hydrogens is 369 g/mol. The van der Waals surface area contributed by atoms with Crippen molar-refractivity contribution in [3.8, 4) is 0 Å². The maximum absolute atomic E-state index is 12.7. The van der Waals surface area contributed by atoms with Crippen LogP contribution >= 0.6 is 27.3 Å². The summed E-state index contributed by atoms with van der Waals surface area (Å²) in [5.41, 5.74) is -0.645. The SMILES string of the molecule is FC(F)(F)c1cc2c(NCc3sccc3Br)nccn2n1. The molecule has 3 heterocycles. The van der Waals surface area contributed by atoms with E-state index in [9.17, 15) is 13.2 Å². The van der Waals surface area contributed by atoms with Crippen molar-refractivity contribution in [3.63, 3.8) is 0 Å². The number of nitrogens with one attached hydrogen (secondary N) is 1. The zero-order chi connectivity index (χ0) is 15.0. The van der Waals surface area contributed by atoms with Gasteiger partial charge in [-0.2, -0.15) is 18.3 Å². The zero-order valence-electron chi connectivity index (χ0n) is 10.4. The smallest absolute Gasteiger partial charge is 0.363 e. The number of hydrogen-bond acceptors (Lipinski definition) is 4. The lowest BCUT2D eigenvalue weighted by Gasteiger charge is -2.05. The minimum Gasteiger partial charge on any atom is -0.363 e. The quantitative estimate of drug-likeness (QED) is 0.745. The van der Waals surface area contributed by atoms with Gasteiger partial charge in [0.1, 0.15) is 5.52 Å². The Morgan fingerprint density at radius 1 is 1.38 bits per heavy atom. The Kier molecular flexibility index (Phi) is 3.62. The molecule has 0 saturated heterocycles. The molecule has 0 aliphatic carbocycles. The fourth-order valence-corrected chi connectivity index (χ4v) is 3.24. The van der Waals surface area contributed by atoms with Gasteiger partial charge in [0.25, 0.3) is 0 Å². The molecule has 3 rings (SSSR count). The van der Waals surface area contributed by atoms with Gasteiger partial charge < -0.3 is 5.32 Å². The standard InChI is InChI=1S/C12H8BrF3N4S/c13-7-1-4-21-9(7)6-18-11-8-5-10(12(14,15)16)19-20(8)3-2-17-11/h1-5H,6H2,(H,17,18). The fourth-order valence-electron chi connectivity index (χ4n) is 1.81. The molecule has 0 amide bonds. The summed E-state index contributed by atoms with van der Waals surface area (Å²) in [7, 11) is 0. The average Bonchev–Trinajstić information content (AvgIpc) is 3.02. The maximum Gasteiger partial charge on any atom is 0.435 e. The summed E-state index contributed by atoms with van der Waals surface area (Å²) in [6.45, 7) is 0.470.